The summed E-state index contributed by atoms with van der Waals surface area (Å²) in [6, 6.07) is 33.3. The van der Waals surface area contributed by atoms with E-state index in [0.717, 1.165) is 98.0 Å². The second kappa shape index (κ2) is 42.3. The Morgan fingerprint density at radius 3 is 1.39 bits per heavy atom. The fraction of sp³-hybridized carbons (Fsp3) is 0.443. The van der Waals surface area contributed by atoms with Gasteiger partial charge in [-0.25, -0.2) is 31.8 Å². The third-order valence-electron chi connectivity index (χ3n) is 20.5. The molecule has 0 bridgehead atoms. The number of amides is 1. The highest BCUT2D eigenvalue weighted by Crippen LogP contribution is 2.42. The number of para-hydroxylation sites is 3. The lowest BCUT2D eigenvalue weighted by Crippen LogP contribution is -2.40. The Kier molecular flexibility index (Phi) is 32.8. The van der Waals surface area contributed by atoms with Crippen LogP contribution in [0.5, 0.6) is 17.2 Å². The average molecular weight is 1730 g/mol. The van der Waals surface area contributed by atoms with Gasteiger partial charge in [0.25, 0.3) is 5.91 Å². The molecule has 6 heterocycles. The lowest BCUT2D eigenvalue weighted by Gasteiger charge is -2.30. The van der Waals surface area contributed by atoms with Crippen LogP contribution in [0.2, 0.25) is 15.1 Å². The molecule has 0 saturated carbocycles. The zero-order chi connectivity index (χ0) is 86.0. The molecular formula is C88H115Cl3N16O10S2. The van der Waals surface area contributed by atoms with Crippen molar-refractivity contribution in [2.45, 2.75) is 179 Å². The van der Waals surface area contributed by atoms with Gasteiger partial charge in [-0.3, -0.25) is 4.79 Å². The summed E-state index contributed by atoms with van der Waals surface area (Å²) in [6.07, 6.45) is 8.99. The molecule has 3 fully saturated rings. The Hall–Kier alpha value is -9.20. The molecule has 31 heteroatoms. The van der Waals surface area contributed by atoms with Crippen molar-refractivity contribution in [3.8, 4) is 17.2 Å². The van der Waals surface area contributed by atoms with Crippen molar-refractivity contribution in [2.75, 3.05) is 118 Å². The largest absolute Gasteiger partial charge is 0.489 e. The number of likely N-dealkylation sites (tertiary alicyclic amines) is 1. The van der Waals surface area contributed by atoms with Crippen LogP contribution < -0.4 is 51.4 Å². The molecule has 26 nitrogen and oxygen atoms in total. The number of anilines is 12. The van der Waals surface area contributed by atoms with Crippen LogP contribution in [0, 0.1) is 20.8 Å². The van der Waals surface area contributed by atoms with Crippen molar-refractivity contribution in [2.24, 2.45) is 0 Å². The van der Waals surface area contributed by atoms with Gasteiger partial charge >= 0.3 is 0 Å². The first-order valence-electron chi connectivity index (χ1n) is 40.6. The highest BCUT2D eigenvalue weighted by atomic mass is 35.5. The molecule has 0 radical (unpaired) electrons. The molecule has 6 aromatic carbocycles. The van der Waals surface area contributed by atoms with E-state index in [9.17, 15) is 26.7 Å². The Morgan fingerprint density at radius 1 is 0.546 bits per heavy atom. The number of ether oxygens (including phenoxy) is 4. The molecule has 119 heavy (non-hydrogen) atoms. The number of nitrogens with one attached hydrogen (secondary N) is 7. The molecule has 2 unspecified atom stereocenters. The number of nitrogens with zero attached hydrogens (tertiary/aromatic N) is 9. The molecule has 9 aromatic rings. The maximum absolute atomic E-state index is 13.3. The second-order valence-electron chi connectivity index (χ2n) is 31.7. The Labute approximate surface area is 716 Å². The van der Waals surface area contributed by atoms with E-state index < -0.39 is 30.2 Å². The van der Waals surface area contributed by atoms with Crippen molar-refractivity contribution < 1.29 is 45.7 Å². The topological polar surface area (TPSA) is 314 Å². The van der Waals surface area contributed by atoms with Crippen LogP contribution in [-0.2, 0) is 24.4 Å². The molecule has 2 atom stereocenters. The number of sulfone groups is 2. The number of hydrogen-bond acceptors (Lipinski definition) is 25. The monoisotopic (exact) mass is 1720 g/mol. The van der Waals surface area contributed by atoms with Gasteiger partial charge in [0.15, 0.2) is 37.1 Å². The standard InChI is InChI=1S/C31H39ClN6O3.C29H40ClN5O4S.C28H36ClN5O3S/c1-20(2)41-28-18-24(22-9-11-37(4)12-10-22)21(3)17-27(28)35-31-33-19-25(32)29(36-31)34-26-8-6-5-7-23(26)30(39)38-13-15-40-16-14-38;1-18(2)39-26-15-22(21(6)17-35(7)12-13-36)20(5)14-25(26)33-29-31-16-23(30)28(34-29)32-24-10-8-9-11-27(24)40(37,38)19(3)4;1-17(2)37-25-14-21(20-9-8-12-30-15-20)19(5)13-24(25)33-28-31-16-22(29)27(34-28)32-23-10-6-7-11-26(23)38(35,36)18(3)4/h5-8,17-20,22H,9-16H2,1-4H3,(H2,33,34,35,36);8-11,14-16,18-19,21,36H,12-13,17H2,1-7H3,(H2,31,32,33,34);6-7,10-11,13-14,16-18,20,30H,8-9,12,15H2,1-5H3,(H2,31,32,33,34). The van der Waals surface area contributed by atoms with Crippen molar-refractivity contribution in [1.82, 2.24) is 49.9 Å². The first kappa shape index (κ1) is 92.1. The fourth-order valence-electron chi connectivity index (χ4n) is 14.3. The maximum atomic E-state index is 13.3. The van der Waals surface area contributed by atoms with Gasteiger partial charge in [-0.15, -0.1) is 0 Å². The molecule has 12 rings (SSSR count). The van der Waals surface area contributed by atoms with E-state index in [-0.39, 0.29) is 68.3 Å². The number of rotatable bonds is 30. The molecule has 3 aliphatic heterocycles. The third kappa shape index (κ3) is 24.8. The second-order valence-corrected chi connectivity index (χ2v) is 37.8. The van der Waals surface area contributed by atoms with E-state index >= 15 is 0 Å². The molecule has 3 aliphatic rings. The number of halogens is 3. The minimum Gasteiger partial charge on any atom is -0.489 e. The summed E-state index contributed by atoms with van der Waals surface area (Å²) >= 11 is 19.3. The number of likely N-dealkylation sites (N-methyl/N-ethyl adjacent to an activating group) is 1. The molecule has 0 spiro atoms. The maximum Gasteiger partial charge on any atom is 0.256 e. The summed E-state index contributed by atoms with van der Waals surface area (Å²) in [7, 11) is -2.89. The highest BCUT2D eigenvalue weighted by Gasteiger charge is 2.30. The van der Waals surface area contributed by atoms with Gasteiger partial charge in [0.05, 0.1) is 117 Å². The predicted octanol–water partition coefficient (Wildman–Crippen LogP) is 18.3. The van der Waals surface area contributed by atoms with E-state index in [1.54, 1.807) is 93.4 Å². The van der Waals surface area contributed by atoms with E-state index in [1.165, 1.54) is 29.1 Å². The molecular weight excluding hydrogens is 1610 g/mol. The van der Waals surface area contributed by atoms with E-state index in [0.29, 0.717) is 107 Å². The van der Waals surface area contributed by atoms with Crippen molar-refractivity contribution in [1.29, 1.82) is 0 Å². The third-order valence-corrected chi connectivity index (χ3v) is 25.8. The summed E-state index contributed by atoms with van der Waals surface area (Å²) in [6.45, 7) is 34.9. The van der Waals surface area contributed by atoms with Crippen LogP contribution in [0.1, 0.15) is 163 Å². The average Bonchev–Trinajstić information content (AvgIpc) is 0.808. The number of carbonyl (C=O) groups excluding carboxylic acids is 1. The minimum atomic E-state index is -3.54. The summed E-state index contributed by atoms with van der Waals surface area (Å²) in [5, 5.41) is 31.8. The lowest BCUT2D eigenvalue weighted by molar-refractivity contribution is 0.0303. The van der Waals surface area contributed by atoms with Crippen LogP contribution in [-0.4, -0.2) is 188 Å². The highest BCUT2D eigenvalue weighted by molar-refractivity contribution is 7.92. The number of carbonyl (C=O) groups is 1. The normalized spacial score (nSPS) is 15.1. The molecule has 8 N–H and O–H groups in total. The number of aliphatic hydroxyl groups is 1. The first-order chi connectivity index (χ1) is 56.7. The summed E-state index contributed by atoms with van der Waals surface area (Å²) < 4.78 is 75.6. The summed E-state index contributed by atoms with van der Waals surface area (Å²) in [4.78, 5) is 46.8. The number of aliphatic hydroxyl groups excluding tert-OH is 1. The smallest absolute Gasteiger partial charge is 0.256 e. The van der Waals surface area contributed by atoms with Gasteiger partial charge in [0, 0.05) is 32.7 Å². The number of morpholine rings is 1. The van der Waals surface area contributed by atoms with Gasteiger partial charge in [0.2, 0.25) is 17.8 Å². The van der Waals surface area contributed by atoms with Gasteiger partial charge in [-0.1, -0.05) is 78.1 Å². The van der Waals surface area contributed by atoms with E-state index in [2.05, 4.69) is 129 Å². The SMILES string of the molecule is Cc1cc(Nc2ncc(Cl)c(Nc3ccccc3C(=O)N3CCOCC3)n2)c(OC(C)C)cc1C1CCN(C)CC1.Cc1cc(Nc2ncc(Cl)c(Nc3ccccc3S(=O)(=O)C(C)C)n2)c(OC(C)C)cc1C(C)CN(C)CCO.Cc1cc(Nc2ncc(Cl)c(Nc3ccccc3S(=O)(=O)C(C)C)n2)c(OC(C)C)cc1C1CCCNC1. The van der Waals surface area contributed by atoms with Gasteiger partial charge in [-0.2, -0.15) is 15.0 Å². The molecule has 1 amide bonds. The van der Waals surface area contributed by atoms with Gasteiger partial charge in [0.1, 0.15) is 32.3 Å². The van der Waals surface area contributed by atoms with Crippen molar-refractivity contribution in [3.63, 3.8) is 0 Å². The molecule has 0 aliphatic carbocycles. The quantitative estimate of drug-likeness (QED) is 0.0207. The number of aryl methyl sites for hydroxylation is 3. The van der Waals surface area contributed by atoms with E-state index in [1.807, 2.05) is 85.8 Å². The van der Waals surface area contributed by atoms with Crippen LogP contribution in [0.4, 0.5) is 69.4 Å². The number of piperidine rings is 2. The zero-order valence-corrected chi connectivity index (χ0v) is 74.8. The Morgan fingerprint density at radius 2 is 0.958 bits per heavy atom. The predicted molar refractivity (Wildman–Crippen MR) is 480 cm³/mol. The number of aromatic nitrogens is 6. The molecule has 640 valence electrons. The summed E-state index contributed by atoms with van der Waals surface area (Å²) in [5.41, 5.74) is 11.4. The van der Waals surface area contributed by atoms with Crippen molar-refractivity contribution >= 4 is 130 Å². The van der Waals surface area contributed by atoms with Gasteiger partial charge in [-0.05, 0) is 273 Å². The Bertz CT molecular complexity index is 5180. The zero-order valence-electron chi connectivity index (χ0n) is 70.9. The van der Waals surface area contributed by atoms with E-state index in [4.69, 9.17) is 53.8 Å². The minimum absolute atomic E-state index is 0.00691. The van der Waals surface area contributed by atoms with Gasteiger partial charge < -0.3 is 76.0 Å². The Balaban J connectivity index is 0.000000188. The van der Waals surface area contributed by atoms with Crippen molar-refractivity contribution in [3.05, 3.63) is 182 Å². The van der Waals surface area contributed by atoms with Crippen LogP contribution in [0.15, 0.2) is 138 Å². The molecule has 3 aromatic heterocycles. The lowest BCUT2D eigenvalue weighted by atomic mass is 9.86. The van der Waals surface area contributed by atoms with Crippen LogP contribution in [0.3, 0.4) is 0 Å². The fourth-order valence-corrected chi connectivity index (χ4v) is 17.1. The number of hydrogen-bond donors (Lipinski definition) is 8. The van der Waals surface area contributed by atoms with Crippen LogP contribution >= 0.6 is 34.8 Å². The first-order valence-corrected chi connectivity index (χ1v) is 44.8. The summed E-state index contributed by atoms with van der Waals surface area (Å²) in [5.74, 6) is 5.18. The van der Waals surface area contributed by atoms with Crippen LogP contribution in [0.25, 0.3) is 0 Å². The number of benzene rings is 6. The molecule has 3 saturated heterocycles.